The van der Waals surface area contributed by atoms with Crippen molar-refractivity contribution < 1.29 is 14.0 Å². The second-order valence-electron chi connectivity index (χ2n) is 6.74. The first-order chi connectivity index (χ1) is 14.4. The number of hydrogen-bond acceptors (Lipinski definition) is 5. The summed E-state index contributed by atoms with van der Waals surface area (Å²) in [6.45, 7) is 2.20. The fourth-order valence-electron chi connectivity index (χ4n) is 2.89. The highest BCUT2D eigenvalue weighted by Crippen LogP contribution is 2.24. The van der Waals surface area contributed by atoms with Crippen LogP contribution in [-0.2, 0) is 0 Å². The molecule has 3 N–H and O–H groups in total. The van der Waals surface area contributed by atoms with Crippen LogP contribution < -0.4 is 11.1 Å². The van der Waals surface area contributed by atoms with E-state index in [1.54, 1.807) is 31.3 Å². The monoisotopic (exact) mass is 403 g/mol. The molecular weight excluding hydrogens is 382 g/mol. The summed E-state index contributed by atoms with van der Waals surface area (Å²) in [5.41, 5.74) is 7.97. The number of rotatable bonds is 5. The Morgan fingerprint density at radius 2 is 1.87 bits per heavy atom. The molecule has 0 atom stereocenters. The molecule has 0 saturated heterocycles. The standard InChI is InChI=1S/C22H21N5O3/c1-14-12-17-13-18(8-9-19(17)30-14)25-22(24)26-20(28)15-4-6-16(7-5-15)21(29)27(2)11-3-10-23/h4-9,12-13H,3,11H2,1-2H3,(H3,24,25,26,28). The average Bonchev–Trinajstić information content (AvgIpc) is 3.10. The normalized spacial score (nSPS) is 11.2. The van der Waals surface area contributed by atoms with Gasteiger partial charge in [0.05, 0.1) is 18.2 Å². The van der Waals surface area contributed by atoms with E-state index in [-0.39, 0.29) is 18.3 Å². The van der Waals surface area contributed by atoms with Crippen molar-refractivity contribution in [3.63, 3.8) is 0 Å². The van der Waals surface area contributed by atoms with Crippen LogP contribution in [-0.4, -0.2) is 36.3 Å². The van der Waals surface area contributed by atoms with E-state index in [2.05, 4.69) is 10.3 Å². The minimum Gasteiger partial charge on any atom is -0.461 e. The summed E-state index contributed by atoms with van der Waals surface area (Å²) < 4.78 is 5.52. The molecule has 152 valence electrons. The number of nitrogens with one attached hydrogen (secondary N) is 1. The van der Waals surface area contributed by atoms with Gasteiger partial charge in [0.25, 0.3) is 11.8 Å². The van der Waals surface area contributed by atoms with Gasteiger partial charge in [-0.15, -0.1) is 0 Å². The van der Waals surface area contributed by atoms with Gasteiger partial charge in [0.2, 0.25) is 5.96 Å². The van der Waals surface area contributed by atoms with Crippen LogP contribution in [0.4, 0.5) is 5.69 Å². The summed E-state index contributed by atoms with van der Waals surface area (Å²) in [4.78, 5) is 30.4. The summed E-state index contributed by atoms with van der Waals surface area (Å²) >= 11 is 0. The van der Waals surface area contributed by atoms with Crippen LogP contribution in [0.25, 0.3) is 11.0 Å². The van der Waals surface area contributed by atoms with Crippen LogP contribution in [0.2, 0.25) is 0 Å². The maximum absolute atomic E-state index is 12.4. The van der Waals surface area contributed by atoms with Crippen LogP contribution in [0.3, 0.4) is 0 Å². The molecular formula is C22H21N5O3. The van der Waals surface area contributed by atoms with Gasteiger partial charge in [0.15, 0.2) is 0 Å². The van der Waals surface area contributed by atoms with E-state index in [0.717, 1.165) is 16.7 Å². The molecule has 0 aliphatic heterocycles. The number of benzene rings is 2. The van der Waals surface area contributed by atoms with Crippen molar-refractivity contribution in [3.05, 3.63) is 65.4 Å². The first-order valence-electron chi connectivity index (χ1n) is 9.25. The van der Waals surface area contributed by atoms with Crippen LogP contribution in [0, 0.1) is 18.3 Å². The van der Waals surface area contributed by atoms with Crippen LogP contribution >= 0.6 is 0 Å². The van der Waals surface area contributed by atoms with E-state index in [1.807, 2.05) is 25.1 Å². The number of aryl methyl sites for hydroxylation is 1. The van der Waals surface area contributed by atoms with Gasteiger partial charge in [0, 0.05) is 30.1 Å². The Morgan fingerprint density at radius 1 is 1.17 bits per heavy atom. The Labute approximate surface area is 173 Å². The van der Waals surface area contributed by atoms with Crippen molar-refractivity contribution in [1.82, 2.24) is 10.2 Å². The van der Waals surface area contributed by atoms with Gasteiger partial charge in [-0.25, -0.2) is 4.99 Å². The molecule has 0 bridgehead atoms. The minimum atomic E-state index is -0.437. The highest BCUT2D eigenvalue weighted by atomic mass is 16.3. The molecule has 8 nitrogen and oxygen atoms in total. The lowest BCUT2D eigenvalue weighted by Crippen LogP contribution is -2.36. The van der Waals surface area contributed by atoms with E-state index in [1.165, 1.54) is 17.0 Å². The SMILES string of the molecule is Cc1cc2cc(N=C(N)NC(=O)c3ccc(C(=O)N(C)CCC#N)cc3)ccc2o1. The molecule has 0 saturated carbocycles. The third-order valence-electron chi connectivity index (χ3n) is 4.41. The number of nitrogens with two attached hydrogens (primary N) is 1. The van der Waals surface area contributed by atoms with Crippen molar-refractivity contribution in [3.8, 4) is 6.07 Å². The van der Waals surface area contributed by atoms with Crippen LogP contribution in [0.5, 0.6) is 0 Å². The smallest absolute Gasteiger partial charge is 0.257 e. The molecule has 2 amide bonds. The Bertz CT molecular complexity index is 1160. The third kappa shape index (κ3) is 4.83. The Balaban J connectivity index is 1.66. The molecule has 0 radical (unpaired) electrons. The molecule has 0 aliphatic carbocycles. The van der Waals surface area contributed by atoms with Gasteiger partial charge in [-0.3, -0.25) is 14.9 Å². The minimum absolute atomic E-state index is 0.0454. The molecule has 2 aromatic carbocycles. The molecule has 1 heterocycles. The van der Waals surface area contributed by atoms with E-state index in [0.29, 0.717) is 23.4 Å². The van der Waals surface area contributed by atoms with Crippen molar-refractivity contribution >= 4 is 34.4 Å². The van der Waals surface area contributed by atoms with Crippen molar-refractivity contribution in [2.45, 2.75) is 13.3 Å². The van der Waals surface area contributed by atoms with E-state index >= 15 is 0 Å². The zero-order valence-corrected chi connectivity index (χ0v) is 16.7. The first-order valence-corrected chi connectivity index (χ1v) is 9.25. The molecule has 1 aromatic heterocycles. The number of amides is 2. The zero-order valence-electron chi connectivity index (χ0n) is 16.7. The number of nitriles is 1. The number of aliphatic imine (C=N–C) groups is 1. The van der Waals surface area contributed by atoms with Crippen molar-refractivity contribution in [2.75, 3.05) is 13.6 Å². The van der Waals surface area contributed by atoms with Gasteiger partial charge >= 0.3 is 0 Å². The number of carbonyl (C=O) groups is 2. The average molecular weight is 403 g/mol. The number of fused-ring (bicyclic) bond motifs is 1. The molecule has 3 aromatic rings. The molecule has 0 aliphatic rings. The van der Waals surface area contributed by atoms with Crippen LogP contribution in [0.1, 0.15) is 32.9 Å². The fraction of sp³-hybridized carbons (Fsp3) is 0.182. The lowest BCUT2D eigenvalue weighted by Gasteiger charge is -2.15. The fourth-order valence-corrected chi connectivity index (χ4v) is 2.89. The molecule has 0 unspecified atom stereocenters. The maximum Gasteiger partial charge on any atom is 0.257 e. The molecule has 8 heteroatoms. The summed E-state index contributed by atoms with van der Waals surface area (Å²) in [5.74, 6) is 0.0954. The molecule has 3 rings (SSSR count). The Kier molecular flexibility index (Phi) is 6.13. The topological polar surface area (TPSA) is 125 Å². The summed E-state index contributed by atoms with van der Waals surface area (Å²) in [5, 5.41) is 12.0. The van der Waals surface area contributed by atoms with E-state index in [9.17, 15) is 9.59 Å². The van der Waals surface area contributed by atoms with Gasteiger partial charge in [0.1, 0.15) is 11.3 Å². The molecule has 0 fully saturated rings. The lowest BCUT2D eigenvalue weighted by atomic mass is 10.1. The number of hydrogen-bond donors (Lipinski definition) is 2. The predicted molar refractivity (Wildman–Crippen MR) is 113 cm³/mol. The van der Waals surface area contributed by atoms with Gasteiger partial charge in [-0.05, 0) is 55.5 Å². The largest absolute Gasteiger partial charge is 0.461 e. The highest BCUT2D eigenvalue weighted by Gasteiger charge is 2.13. The highest BCUT2D eigenvalue weighted by molar-refractivity contribution is 6.06. The number of furan rings is 1. The predicted octanol–water partition coefficient (Wildman–Crippen LogP) is 3.10. The maximum atomic E-state index is 12.4. The first kappa shape index (κ1) is 20.6. The van der Waals surface area contributed by atoms with Crippen molar-refractivity contribution in [2.24, 2.45) is 10.7 Å². The molecule has 0 spiro atoms. The lowest BCUT2D eigenvalue weighted by molar-refractivity contribution is 0.0797. The Morgan fingerprint density at radius 3 is 2.57 bits per heavy atom. The number of guanidine groups is 1. The second kappa shape index (κ2) is 8.92. The van der Waals surface area contributed by atoms with Gasteiger partial charge in [-0.2, -0.15) is 5.26 Å². The number of carbonyl (C=O) groups excluding carboxylic acids is 2. The summed E-state index contributed by atoms with van der Waals surface area (Å²) in [6.07, 6.45) is 0.258. The second-order valence-corrected chi connectivity index (χ2v) is 6.74. The summed E-state index contributed by atoms with van der Waals surface area (Å²) in [7, 11) is 1.62. The van der Waals surface area contributed by atoms with Crippen molar-refractivity contribution in [1.29, 1.82) is 5.26 Å². The number of nitrogens with zero attached hydrogens (tertiary/aromatic N) is 3. The van der Waals surface area contributed by atoms with E-state index in [4.69, 9.17) is 15.4 Å². The van der Waals surface area contributed by atoms with Crippen LogP contribution in [0.15, 0.2) is 57.9 Å². The third-order valence-corrected chi connectivity index (χ3v) is 4.41. The van der Waals surface area contributed by atoms with E-state index < -0.39 is 5.91 Å². The summed E-state index contributed by atoms with van der Waals surface area (Å²) in [6, 6.07) is 15.4. The Hall–Kier alpha value is -4.12. The van der Waals surface area contributed by atoms with Gasteiger partial charge < -0.3 is 15.1 Å². The zero-order chi connectivity index (χ0) is 21.7. The van der Waals surface area contributed by atoms with Gasteiger partial charge in [-0.1, -0.05) is 0 Å². The molecule has 30 heavy (non-hydrogen) atoms. The quantitative estimate of drug-likeness (QED) is 0.500.